The molecule has 0 spiro atoms. The summed E-state index contributed by atoms with van der Waals surface area (Å²) in [4.78, 5) is 28.1. The molecule has 0 aliphatic carbocycles. The van der Waals surface area contributed by atoms with Crippen molar-refractivity contribution in [1.82, 2.24) is 10.0 Å². The molecule has 2 aromatic carbocycles. The van der Waals surface area contributed by atoms with E-state index in [0.29, 0.717) is 5.69 Å². The predicted molar refractivity (Wildman–Crippen MR) is 101 cm³/mol. The molecule has 0 saturated carbocycles. The number of hydrogen-bond acceptors (Lipinski definition) is 4. The molecule has 3 aliphatic rings. The minimum Gasteiger partial charge on any atom is -0.274 e. The maximum Gasteiger partial charge on any atom is 0.253 e. The molecule has 5 nitrogen and oxygen atoms in total. The highest BCUT2D eigenvalue weighted by atomic mass is 79.9. The molecule has 0 radical (unpaired) electrons. The maximum absolute atomic E-state index is 13.4. The predicted octanol–water partition coefficient (Wildman–Crippen LogP) is 2.98. The van der Waals surface area contributed by atoms with Crippen LogP contribution in [0.5, 0.6) is 0 Å². The van der Waals surface area contributed by atoms with Crippen LogP contribution >= 0.6 is 15.9 Å². The largest absolute Gasteiger partial charge is 0.274 e. The number of hydrazine groups is 1. The van der Waals surface area contributed by atoms with Crippen LogP contribution < -0.4 is 4.90 Å². The highest BCUT2D eigenvalue weighted by Crippen LogP contribution is 2.49. The highest BCUT2D eigenvalue weighted by Gasteiger charge is 2.62. The van der Waals surface area contributed by atoms with E-state index >= 15 is 0 Å². The smallest absolute Gasteiger partial charge is 0.253 e. The maximum atomic E-state index is 13.4. The van der Waals surface area contributed by atoms with Crippen molar-refractivity contribution in [2.75, 3.05) is 18.0 Å². The molecule has 132 valence electrons. The van der Waals surface area contributed by atoms with E-state index in [2.05, 4.69) is 38.1 Å². The van der Waals surface area contributed by atoms with E-state index in [4.69, 9.17) is 0 Å². The Morgan fingerprint density at radius 1 is 0.808 bits per heavy atom. The second-order valence-electron chi connectivity index (χ2n) is 6.97. The molecule has 6 heteroatoms. The van der Waals surface area contributed by atoms with E-state index in [9.17, 15) is 9.59 Å². The third-order valence-corrected chi connectivity index (χ3v) is 6.31. The van der Waals surface area contributed by atoms with E-state index in [0.717, 1.165) is 29.5 Å². The number of carbonyl (C=O) groups is 2. The average molecular weight is 412 g/mol. The lowest BCUT2D eigenvalue weighted by atomic mass is 9.90. The van der Waals surface area contributed by atoms with Crippen molar-refractivity contribution >= 4 is 33.4 Å². The van der Waals surface area contributed by atoms with E-state index < -0.39 is 6.04 Å². The van der Waals surface area contributed by atoms with Gasteiger partial charge < -0.3 is 0 Å². The third-order valence-electron chi connectivity index (χ3n) is 5.64. The van der Waals surface area contributed by atoms with Crippen LogP contribution in [0, 0.1) is 5.92 Å². The molecule has 3 atom stereocenters. The van der Waals surface area contributed by atoms with Gasteiger partial charge in [-0.3, -0.25) is 9.59 Å². The first-order chi connectivity index (χ1) is 12.7. The molecule has 5 rings (SSSR count). The fraction of sp³-hybridized carbons (Fsp3) is 0.300. The first kappa shape index (κ1) is 16.2. The standard InChI is InChI=1S/C20H18BrN3O2/c21-14-9-4-5-10-15(14)24-19(25)16-17(13-7-2-1-3-8-13)22-11-6-12-23(22)18(16)20(24)26/h1-5,7-10,16-18H,6,11-12H2. The zero-order valence-electron chi connectivity index (χ0n) is 14.1. The summed E-state index contributed by atoms with van der Waals surface area (Å²) in [7, 11) is 0. The first-order valence-corrected chi connectivity index (χ1v) is 9.68. The molecule has 3 fully saturated rings. The van der Waals surface area contributed by atoms with Gasteiger partial charge in [-0.25, -0.2) is 14.9 Å². The van der Waals surface area contributed by atoms with Gasteiger partial charge in [0, 0.05) is 17.6 Å². The normalized spacial score (nSPS) is 28.7. The van der Waals surface area contributed by atoms with Gasteiger partial charge >= 0.3 is 0 Å². The van der Waals surface area contributed by atoms with Crippen LogP contribution in [0.25, 0.3) is 0 Å². The molecule has 3 saturated heterocycles. The summed E-state index contributed by atoms with van der Waals surface area (Å²) in [6, 6.07) is 17.0. The quantitative estimate of drug-likeness (QED) is 0.712. The van der Waals surface area contributed by atoms with Gasteiger partial charge in [-0.15, -0.1) is 0 Å². The number of rotatable bonds is 2. The van der Waals surface area contributed by atoms with Gasteiger partial charge in [0.2, 0.25) is 5.91 Å². The van der Waals surface area contributed by atoms with Gasteiger partial charge in [-0.1, -0.05) is 42.5 Å². The van der Waals surface area contributed by atoms with E-state index in [-0.39, 0.29) is 23.8 Å². The molecule has 26 heavy (non-hydrogen) atoms. The Hall–Kier alpha value is -2.02. The van der Waals surface area contributed by atoms with Gasteiger partial charge in [-0.2, -0.15) is 0 Å². The zero-order chi connectivity index (χ0) is 17.8. The van der Waals surface area contributed by atoms with Crippen LogP contribution in [0.2, 0.25) is 0 Å². The van der Waals surface area contributed by atoms with Crippen LogP contribution in [0.4, 0.5) is 5.69 Å². The minimum atomic E-state index is -0.401. The number of halogens is 1. The average Bonchev–Trinajstić information content (AvgIpc) is 3.29. The van der Waals surface area contributed by atoms with E-state index in [1.165, 1.54) is 4.90 Å². The number of amides is 2. The monoisotopic (exact) mass is 411 g/mol. The number of para-hydroxylation sites is 1. The molecule has 3 unspecified atom stereocenters. The number of hydrogen-bond donors (Lipinski definition) is 0. The second-order valence-corrected chi connectivity index (χ2v) is 7.82. The van der Waals surface area contributed by atoms with Gasteiger partial charge in [0.25, 0.3) is 5.91 Å². The Kier molecular flexibility index (Phi) is 3.74. The lowest BCUT2D eigenvalue weighted by molar-refractivity contribution is -0.126. The summed E-state index contributed by atoms with van der Waals surface area (Å²) in [6.45, 7) is 1.72. The highest BCUT2D eigenvalue weighted by molar-refractivity contribution is 9.10. The molecule has 3 heterocycles. The fourth-order valence-electron chi connectivity index (χ4n) is 4.63. The number of fused-ring (bicyclic) bond motifs is 3. The summed E-state index contributed by atoms with van der Waals surface area (Å²) in [5.41, 5.74) is 1.73. The Morgan fingerprint density at radius 2 is 1.46 bits per heavy atom. The number of benzene rings is 2. The van der Waals surface area contributed by atoms with Crippen LogP contribution in [0.3, 0.4) is 0 Å². The van der Waals surface area contributed by atoms with Crippen molar-refractivity contribution in [2.24, 2.45) is 5.92 Å². The zero-order valence-corrected chi connectivity index (χ0v) is 15.7. The summed E-state index contributed by atoms with van der Waals surface area (Å²) >= 11 is 3.49. The SMILES string of the molecule is O=C1C2C(C(=O)N1c1ccccc1Br)N1CCCN1C2c1ccccc1. The van der Waals surface area contributed by atoms with Crippen LogP contribution in [0.15, 0.2) is 59.1 Å². The number of anilines is 1. The fourth-order valence-corrected chi connectivity index (χ4v) is 5.10. The number of nitrogens with zero attached hydrogens (tertiary/aromatic N) is 3. The summed E-state index contributed by atoms with van der Waals surface area (Å²) < 4.78 is 0.760. The van der Waals surface area contributed by atoms with Gasteiger partial charge in [-0.05, 0) is 40.0 Å². The Morgan fingerprint density at radius 3 is 2.19 bits per heavy atom. The van der Waals surface area contributed by atoms with Crippen molar-refractivity contribution in [1.29, 1.82) is 0 Å². The van der Waals surface area contributed by atoms with Gasteiger partial charge in [0.05, 0.1) is 17.6 Å². The summed E-state index contributed by atoms with van der Waals surface area (Å²) in [6.07, 6.45) is 1.02. The van der Waals surface area contributed by atoms with E-state index in [1.807, 2.05) is 42.5 Å². The molecule has 0 bridgehead atoms. The Balaban J connectivity index is 1.61. The second kappa shape index (κ2) is 6.01. The van der Waals surface area contributed by atoms with Crippen LogP contribution in [-0.2, 0) is 9.59 Å². The Labute approximate surface area is 160 Å². The molecule has 3 aliphatic heterocycles. The van der Waals surface area contributed by atoms with Gasteiger partial charge in [0.15, 0.2) is 0 Å². The van der Waals surface area contributed by atoms with Crippen molar-refractivity contribution in [3.8, 4) is 0 Å². The topological polar surface area (TPSA) is 43.9 Å². The lowest BCUT2D eigenvalue weighted by Gasteiger charge is -2.30. The lowest BCUT2D eigenvalue weighted by Crippen LogP contribution is -2.44. The first-order valence-electron chi connectivity index (χ1n) is 8.89. The van der Waals surface area contributed by atoms with E-state index in [1.54, 1.807) is 0 Å². The minimum absolute atomic E-state index is 0.0763. The molecule has 0 aromatic heterocycles. The molecule has 2 amide bonds. The summed E-state index contributed by atoms with van der Waals surface area (Å²) in [5, 5.41) is 4.36. The van der Waals surface area contributed by atoms with Crippen molar-refractivity contribution in [3.05, 3.63) is 64.6 Å². The van der Waals surface area contributed by atoms with Crippen LogP contribution in [-0.4, -0.2) is 41.0 Å². The van der Waals surface area contributed by atoms with Crippen molar-refractivity contribution in [2.45, 2.75) is 18.5 Å². The van der Waals surface area contributed by atoms with Crippen molar-refractivity contribution in [3.63, 3.8) is 0 Å². The Bertz CT molecular complexity index is 888. The molecule has 0 N–H and O–H groups in total. The number of carbonyl (C=O) groups excluding carboxylic acids is 2. The molecular formula is C20H18BrN3O2. The van der Waals surface area contributed by atoms with Crippen LogP contribution in [0.1, 0.15) is 18.0 Å². The van der Waals surface area contributed by atoms with Gasteiger partial charge in [0.1, 0.15) is 6.04 Å². The third kappa shape index (κ3) is 2.16. The number of imide groups is 1. The summed E-state index contributed by atoms with van der Waals surface area (Å²) in [5.74, 6) is -0.579. The molecule has 2 aromatic rings. The molecular weight excluding hydrogens is 394 g/mol. The van der Waals surface area contributed by atoms with Crippen molar-refractivity contribution < 1.29 is 9.59 Å².